The van der Waals surface area contributed by atoms with Crippen LogP contribution in [-0.2, 0) is 15.6 Å². The molecule has 2 aromatic carbocycles. The van der Waals surface area contributed by atoms with Crippen molar-refractivity contribution >= 4 is 44.0 Å². The summed E-state index contributed by atoms with van der Waals surface area (Å²) in [7, 11) is -3.47. The van der Waals surface area contributed by atoms with E-state index in [0.29, 0.717) is 16.3 Å². The Labute approximate surface area is 166 Å². The van der Waals surface area contributed by atoms with E-state index in [0.717, 1.165) is 10.1 Å². The molecule has 6 nitrogen and oxygen atoms in total. The zero-order valence-electron chi connectivity index (χ0n) is 14.5. The highest BCUT2D eigenvalue weighted by Gasteiger charge is 2.16. The average molecular weight is 420 g/mol. The molecular formula is C18H17N3O3S3. The van der Waals surface area contributed by atoms with E-state index in [1.165, 1.54) is 11.3 Å². The van der Waals surface area contributed by atoms with Gasteiger partial charge in [0.05, 0.1) is 10.6 Å². The highest BCUT2D eigenvalue weighted by molar-refractivity contribution is 8.01. The van der Waals surface area contributed by atoms with E-state index >= 15 is 0 Å². The van der Waals surface area contributed by atoms with Gasteiger partial charge < -0.3 is 0 Å². The number of nitrogens with zero attached hydrogens (tertiary/aromatic N) is 2. The lowest BCUT2D eigenvalue weighted by atomic mass is 10.1. The van der Waals surface area contributed by atoms with E-state index in [9.17, 15) is 13.2 Å². The number of anilines is 1. The fraction of sp³-hybridized carbons (Fsp3) is 0.167. The van der Waals surface area contributed by atoms with Crippen molar-refractivity contribution in [3.05, 3.63) is 65.7 Å². The third-order valence-electron chi connectivity index (χ3n) is 3.54. The third kappa shape index (κ3) is 5.15. The molecule has 0 spiro atoms. The number of rotatable bonds is 7. The van der Waals surface area contributed by atoms with Crippen LogP contribution in [0.15, 0.2) is 63.8 Å². The number of carbonyl (C=O) groups excluding carboxylic acids is 1. The van der Waals surface area contributed by atoms with E-state index in [2.05, 4.69) is 15.5 Å². The molecule has 3 rings (SSSR count). The van der Waals surface area contributed by atoms with Crippen molar-refractivity contribution in [1.29, 1.82) is 0 Å². The second-order valence-electron chi connectivity index (χ2n) is 5.53. The number of amides is 1. The Bertz CT molecular complexity index is 1030. The second kappa shape index (κ2) is 8.64. The van der Waals surface area contributed by atoms with Crippen LogP contribution in [0.5, 0.6) is 0 Å². The molecule has 9 heteroatoms. The Hall–Kier alpha value is -2.23. The molecule has 1 amide bonds. The van der Waals surface area contributed by atoms with Crippen LogP contribution in [-0.4, -0.2) is 30.3 Å². The van der Waals surface area contributed by atoms with Gasteiger partial charge >= 0.3 is 0 Å². The van der Waals surface area contributed by atoms with Crippen LogP contribution < -0.4 is 5.32 Å². The van der Waals surface area contributed by atoms with Gasteiger partial charge in [-0.15, -0.1) is 10.2 Å². The van der Waals surface area contributed by atoms with Gasteiger partial charge in [-0.2, -0.15) is 0 Å². The van der Waals surface area contributed by atoms with Crippen molar-refractivity contribution in [3.63, 3.8) is 0 Å². The van der Waals surface area contributed by atoms with Crippen molar-refractivity contribution < 1.29 is 13.2 Å². The molecular weight excluding hydrogens is 402 g/mol. The van der Waals surface area contributed by atoms with Gasteiger partial charge in [0.1, 0.15) is 0 Å². The number of thioether (sulfide) groups is 1. The fourth-order valence-corrected chi connectivity index (χ4v) is 5.35. The van der Waals surface area contributed by atoms with Gasteiger partial charge in [-0.25, -0.2) is 8.42 Å². The molecule has 1 N–H and O–H groups in total. The number of benzene rings is 2. The molecule has 140 valence electrons. The summed E-state index contributed by atoms with van der Waals surface area (Å²) < 4.78 is 25.8. The predicted octanol–water partition coefficient (Wildman–Crippen LogP) is 3.88. The van der Waals surface area contributed by atoms with Crippen LogP contribution in [0, 0.1) is 0 Å². The summed E-state index contributed by atoms with van der Waals surface area (Å²) in [5.74, 6) is 0.354. The lowest BCUT2D eigenvalue weighted by Gasteiger charge is -2.07. The normalized spacial score (nSPS) is 11.3. The molecule has 0 aliphatic heterocycles. The van der Waals surface area contributed by atoms with Crippen LogP contribution in [0.3, 0.4) is 0 Å². The molecule has 0 aliphatic carbocycles. The highest BCUT2D eigenvalue weighted by Crippen LogP contribution is 2.25. The van der Waals surface area contributed by atoms with Crippen molar-refractivity contribution in [1.82, 2.24) is 10.2 Å². The first-order valence-electron chi connectivity index (χ1n) is 8.12. The van der Waals surface area contributed by atoms with Gasteiger partial charge in [0.25, 0.3) is 5.91 Å². The number of nitrogens with one attached hydrogen (secondary N) is 1. The molecule has 1 aromatic heterocycles. The zero-order chi connectivity index (χ0) is 19.3. The van der Waals surface area contributed by atoms with Crippen LogP contribution >= 0.6 is 23.1 Å². The van der Waals surface area contributed by atoms with Crippen molar-refractivity contribution in [3.8, 4) is 0 Å². The molecule has 0 saturated carbocycles. The van der Waals surface area contributed by atoms with E-state index in [1.807, 2.05) is 6.92 Å². The smallest absolute Gasteiger partial charge is 0.257 e. The largest absolute Gasteiger partial charge is 0.296 e. The first kappa shape index (κ1) is 19.5. The standard InChI is InChI=1S/C18H17N3O3S3/c1-2-25-18-21-20-17(26-18)19-16(22)14-8-6-7-13(11-14)12-27(23,24)15-9-4-3-5-10-15/h3-11H,2,12H2,1H3,(H,19,20,22). The number of sulfone groups is 1. The quantitative estimate of drug-likeness (QED) is 0.462. The fourth-order valence-electron chi connectivity index (χ4n) is 2.34. The molecule has 0 radical (unpaired) electrons. The molecule has 0 unspecified atom stereocenters. The maximum atomic E-state index is 12.5. The van der Waals surface area contributed by atoms with Gasteiger partial charge in [0.2, 0.25) is 5.13 Å². The van der Waals surface area contributed by atoms with Crippen LogP contribution in [0.4, 0.5) is 5.13 Å². The van der Waals surface area contributed by atoms with Crippen LogP contribution in [0.25, 0.3) is 0 Å². The minimum absolute atomic E-state index is 0.172. The summed E-state index contributed by atoms with van der Waals surface area (Å²) in [6.45, 7) is 2.01. The minimum Gasteiger partial charge on any atom is -0.296 e. The molecule has 0 fully saturated rings. The summed E-state index contributed by atoms with van der Waals surface area (Å²) in [6.07, 6.45) is 0. The number of hydrogen-bond donors (Lipinski definition) is 1. The SMILES string of the molecule is CCSc1nnc(NC(=O)c2cccc(CS(=O)(=O)c3ccccc3)c2)s1. The highest BCUT2D eigenvalue weighted by atomic mass is 32.2. The molecule has 0 aliphatic rings. The van der Waals surface area contributed by atoms with E-state index < -0.39 is 9.84 Å². The lowest BCUT2D eigenvalue weighted by molar-refractivity contribution is 0.102. The summed E-state index contributed by atoms with van der Waals surface area (Å²) in [6, 6.07) is 14.8. The second-order valence-corrected chi connectivity index (χ2v) is 10.0. The Morgan fingerprint density at radius 2 is 1.89 bits per heavy atom. The Morgan fingerprint density at radius 1 is 1.11 bits per heavy atom. The summed E-state index contributed by atoms with van der Waals surface area (Å²) in [4.78, 5) is 12.7. The monoisotopic (exact) mass is 419 g/mol. The van der Waals surface area contributed by atoms with Gasteiger partial charge in [0, 0.05) is 5.56 Å². The number of carbonyl (C=O) groups is 1. The van der Waals surface area contributed by atoms with Crippen molar-refractivity contribution in [2.45, 2.75) is 21.9 Å². The van der Waals surface area contributed by atoms with E-state index in [1.54, 1.807) is 66.4 Å². The Kier molecular flexibility index (Phi) is 6.25. The summed E-state index contributed by atoms with van der Waals surface area (Å²) >= 11 is 2.86. The van der Waals surface area contributed by atoms with E-state index in [4.69, 9.17) is 0 Å². The number of hydrogen-bond acceptors (Lipinski definition) is 7. The molecule has 1 heterocycles. The van der Waals surface area contributed by atoms with Gasteiger partial charge in [-0.3, -0.25) is 10.1 Å². The number of aromatic nitrogens is 2. The third-order valence-corrected chi connectivity index (χ3v) is 7.10. The molecule has 0 bridgehead atoms. The van der Waals surface area contributed by atoms with Crippen LogP contribution in [0.2, 0.25) is 0 Å². The van der Waals surface area contributed by atoms with Crippen molar-refractivity contribution in [2.75, 3.05) is 11.1 Å². The van der Waals surface area contributed by atoms with Gasteiger partial charge in [-0.05, 0) is 35.6 Å². The predicted molar refractivity (Wildman–Crippen MR) is 108 cm³/mol. The van der Waals surface area contributed by atoms with Gasteiger partial charge in [0.15, 0.2) is 14.2 Å². The zero-order valence-corrected chi connectivity index (χ0v) is 16.9. The minimum atomic E-state index is -3.47. The summed E-state index contributed by atoms with van der Waals surface area (Å²) in [5, 5.41) is 11.0. The first-order valence-corrected chi connectivity index (χ1v) is 11.6. The Morgan fingerprint density at radius 3 is 2.63 bits per heavy atom. The topological polar surface area (TPSA) is 89.0 Å². The first-order chi connectivity index (χ1) is 13.0. The maximum Gasteiger partial charge on any atom is 0.257 e. The lowest BCUT2D eigenvalue weighted by Crippen LogP contribution is -2.12. The van der Waals surface area contributed by atoms with Crippen LogP contribution in [0.1, 0.15) is 22.8 Å². The van der Waals surface area contributed by atoms with E-state index in [-0.39, 0.29) is 16.6 Å². The summed E-state index contributed by atoms with van der Waals surface area (Å²) in [5.41, 5.74) is 0.918. The molecule has 3 aromatic rings. The maximum absolute atomic E-state index is 12.5. The molecule has 0 atom stereocenters. The molecule has 0 saturated heterocycles. The average Bonchev–Trinajstić information content (AvgIpc) is 3.09. The van der Waals surface area contributed by atoms with Crippen molar-refractivity contribution in [2.24, 2.45) is 0 Å². The molecule has 27 heavy (non-hydrogen) atoms. The Balaban J connectivity index is 1.74. The van der Waals surface area contributed by atoms with Gasteiger partial charge in [-0.1, -0.05) is 60.4 Å².